The number of hydrogen-bond acceptors (Lipinski definition) is 7. The molecule has 0 aliphatic heterocycles. The van der Waals surface area contributed by atoms with E-state index in [0.717, 1.165) is 9.36 Å². The molecule has 38 heavy (non-hydrogen) atoms. The van der Waals surface area contributed by atoms with Crippen LogP contribution in [0.4, 0.5) is 32.0 Å². The van der Waals surface area contributed by atoms with Crippen molar-refractivity contribution in [2.24, 2.45) is 0 Å². The number of pyridine rings is 1. The Hall–Kier alpha value is -3.92. The van der Waals surface area contributed by atoms with E-state index in [0.29, 0.717) is 9.59 Å². The average Bonchev–Trinajstić information content (AvgIpc) is 3.43. The fraction of sp³-hybridized carbons (Fsp3) is 0.286. The Morgan fingerprint density at radius 1 is 1.05 bits per heavy atom. The number of aromatic nitrogens is 7. The molecule has 3 heterocycles. The Morgan fingerprint density at radius 2 is 1.76 bits per heavy atom. The fourth-order valence-corrected chi connectivity index (χ4v) is 3.46. The smallest absolute Gasteiger partial charge is 0.382 e. The second-order valence-electron chi connectivity index (χ2n) is 7.91. The lowest BCUT2D eigenvalue weighted by Crippen LogP contribution is -2.37. The van der Waals surface area contributed by atoms with Gasteiger partial charge in [0.2, 0.25) is 0 Å². The molecule has 4 aromatic rings. The van der Waals surface area contributed by atoms with Crippen LogP contribution in [-0.4, -0.2) is 64.2 Å². The van der Waals surface area contributed by atoms with Gasteiger partial charge >= 0.3 is 18.0 Å². The average molecular weight is 563 g/mol. The molecule has 10 nitrogen and oxygen atoms in total. The summed E-state index contributed by atoms with van der Waals surface area (Å²) in [4.78, 5) is 20.9. The first-order valence-electron chi connectivity index (χ1n) is 10.7. The molecular formula is C21H17ClF6N8O2. The third-order valence-corrected chi connectivity index (χ3v) is 5.37. The maximum Gasteiger partial charge on any atom is 0.416 e. The molecule has 1 atom stereocenters. The molecule has 202 valence electrons. The molecular weight excluding hydrogens is 546 g/mol. The highest BCUT2D eigenvalue weighted by Gasteiger charge is 2.39. The number of hydrogen-bond donors (Lipinski definition) is 2. The lowest BCUT2D eigenvalue weighted by Gasteiger charge is -2.15. The molecule has 0 bridgehead atoms. The Kier molecular flexibility index (Phi) is 7.46. The highest BCUT2D eigenvalue weighted by atomic mass is 35.5. The van der Waals surface area contributed by atoms with E-state index < -0.39 is 43.8 Å². The van der Waals surface area contributed by atoms with Crippen molar-refractivity contribution in [2.75, 3.05) is 11.9 Å². The second-order valence-corrected chi connectivity index (χ2v) is 8.34. The van der Waals surface area contributed by atoms with Crippen molar-refractivity contribution in [3.63, 3.8) is 0 Å². The van der Waals surface area contributed by atoms with Gasteiger partial charge in [-0.2, -0.15) is 26.3 Å². The number of nitrogens with zero attached hydrogens (tertiary/aromatic N) is 7. The molecule has 3 aromatic heterocycles. The van der Waals surface area contributed by atoms with Crippen LogP contribution in [0.15, 0.2) is 53.8 Å². The number of alkyl halides is 6. The quantitative estimate of drug-likeness (QED) is 0.317. The normalized spacial score (nSPS) is 13.1. The van der Waals surface area contributed by atoms with Crippen molar-refractivity contribution >= 4 is 17.3 Å². The van der Waals surface area contributed by atoms with E-state index >= 15 is 0 Å². The Morgan fingerprint density at radius 3 is 2.42 bits per heavy atom. The molecule has 0 unspecified atom stereocenters. The fourth-order valence-electron chi connectivity index (χ4n) is 3.33. The molecule has 0 saturated heterocycles. The molecule has 0 amide bonds. The first-order chi connectivity index (χ1) is 17.8. The molecule has 1 aromatic carbocycles. The zero-order valence-corrected chi connectivity index (χ0v) is 19.7. The van der Waals surface area contributed by atoms with Crippen molar-refractivity contribution in [3.05, 3.63) is 70.4 Å². The van der Waals surface area contributed by atoms with Gasteiger partial charge in [0.05, 0.1) is 18.4 Å². The Bertz CT molecular complexity index is 1460. The molecule has 0 radical (unpaired) electrons. The minimum absolute atomic E-state index is 0.0265. The summed E-state index contributed by atoms with van der Waals surface area (Å²) in [6, 6.07) is 7.09. The number of nitrogens with one attached hydrogen (secondary N) is 1. The van der Waals surface area contributed by atoms with Gasteiger partial charge in [-0.3, -0.25) is 9.55 Å². The van der Waals surface area contributed by atoms with Crippen LogP contribution in [0.2, 0.25) is 5.02 Å². The number of halogens is 7. The van der Waals surface area contributed by atoms with E-state index in [4.69, 9.17) is 11.6 Å². The minimum atomic E-state index is -4.99. The molecule has 4 rings (SSSR count). The standard InChI is InChI=1S/C21H17ClF6N8O2/c22-13-3-1-12(2-4-13)18-33-35(19(38)34(18)8-16(37)21(26,27)28)9-17-31-11-36(32-17)15-7-29-6-5-14(15)30-10-20(23,24)25/h1-7,11,16,37H,8-10H2,(H,29,30)/t16-/m0/s1. The second kappa shape index (κ2) is 10.4. The molecule has 17 heteroatoms. The first kappa shape index (κ1) is 27.1. The zero-order chi connectivity index (χ0) is 27.7. The largest absolute Gasteiger partial charge is 0.416 e. The topological polar surface area (TPSA) is 116 Å². The lowest BCUT2D eigenvalue weighted by atomic mass is 10.2. The van der Waals surface area contributed by atoms with Gasteiger partial charge in [-0.25, -0.2) is 19.1 Å². The lowest BCUT2D eigenvalue weighted by molar-refractivity contribution is -0.207. The summed E-state index contributed by atoms with van der Waals surface area (Å²) in [6.45, 7) is -2.82. The summed E-state index contributed by atoms with van der Waals surface area (Å²) in [5, 5.41) is 20.4. The van der Waals surface area contributed by atoms with Crippen LogP contribution in [0.25, 0.3) is 17.1 Å². The van der Waals surface area contributed by atoms with Crippen LogP contribution in [-0.2, 0) is 13.1 Å². The number of aliphatic hydroxyl groups excluding tert-OH is 1. The van der Waals surface area contributed by atoms with E-state index in [1.165, 1.54) is 49.1 Å². The zero-order valence-electron chi connectivity index (χ0n) is 18.9. The summed E-state index contributed by atoms with van der Waals surface area (Å²) in [6.07, 6.45) is -8.61. The predicted molar refractivity (Wildman–Crippen MR) is 122 cm³/mol. The number of rotatable bonds is 8. The van der Waals surface area contributed by atoms with Gasteiger partial charge in [-0.05, 0) is 30.3 Å². The van der Waals surface area contributed by atoms with Gasteiger partial charge in [0.15, 0.2) is 17.8 Å². The van der Waals surface area contributed by atoms with Crippen LogP contribution >= 0.6 is 11.6 Å². The maximum atomic E-state index is 13.0. The van der Waals surface area contributed by atoms with Crippen LogP contribution in [0.5, 0.6) is 0 Å². The third kappa shape index (κ3) is 6.31. The van der Waals surface area contributed by atoms with E-state index in [2.05, 4.69) is 25.5 Å². The molecule has 0 spiro atoms. The van der Waals surface area contributed by atoms with Crippen LogP contribution in [0.1, 0.15) is 5.82 Å². The van der Waals surface area contributed by atoms with Crippen LogP contribution < -0.4 is 11.0 Å². The Balaban J connectivity index is 1.65. The highest BCUT2D eigenvalue weighted by molar-refractivity contribution is 6.30. The molecule has 0 fully saturated rings. The number of aliphatic hydroxyl groups is 1. The van der Waals surface area contributed by atoms with E-state index in [-0.39, 0.29) is 28.6 Å². The molecule has 0 aliphatic rings. The predicted octanol–water partition coefficient (Wildman–Crippen LogP) is 3.29. The van der Waals surface area contributed by atoms with Gasteiger partial charge in [-0.1, -0.05) is 11.6 Å². The summed E-state index contributed by atoms with van der Waals surface area (Å²) in [5.74, 6) is -0.193. The Labute approximate surface area is 214 Å². The highest BCUT2D eigenvalue weighted by Crippen LogP contribution is 2.25. The van der Waals surface area contributed by atoms with Gasteiger partial charge in [0.25, 0.3) is 0 Å². The van der Waals surface area contributed by atoms with Gasteiger partial charge in [0, 0.05) is 16.8 Å². The van der Waals surface area contributed by atoms with Gasteiger partial charge in [0.1, 0.15) is 25.1 Å². The molecule has 0 aliphatic carbocycles. The first-order valence-corrected chi connectivity index (χ1v) is 11.0. The van der Waals surface area contributed by atoms with Crippen molar-refractivity contribution in [1.82, 2.24) is 34.1 Å². The summed E-state index contributed by atoms with van der Waals surface area (Å²) < 4.78 is 79.6. The maximum absolute atomic E-state index is 13.0. The van der Waals surface area contributed by atoms with E-state index in [1.807, 2.05) is 0 Å². The van der Waals surface area contributed by atoms with Crippen molar-refractivity contribution < 1.29 is 31.4 Å². The molecule has 2 N–H and O–H groups in total. The monoisotopic (exact) mass is 562 g/mol. The molecule has 0 saturated carbocycles. The SMILES string of the molecule is O=c1n(Cc2ncn(-c3cnccc3NCC(F)(F)F)n2)nc(-c2ccc(Cl)cc2)n1C[C@H](O)C(F)(F)F. The summed E-state index contributed by atoms with van der Waals surface area (Å²) in [7, 11) is 0. The van der Waals surface area contributed by atoms with Crippen molar-refractivity contribution in [2.45, 2.75) is 31.5 Å². The van der Waals surface area contributed by atoms with Gasteiger partial charge < -0.3 is 10.4 Å². The summed E-state index contributed by atoms with van der Waals surface area (Å²) in [5.41, 5.74) is -0.540. The summed E-state index contributed by atoms with van der Waals surface area (Å²) >= 11 is 5.87. The van der Waals surface area contributed by atoms with Crippen LogP contribution in [0.3, 0.4) is 0 Å². The third-order valence-electron chi connectivity index (χ3n) is 5.12. The minimum Gasteiger partial charge on any atom is -0.382 e. The number of anilines is 1. The van der Waals surface area contributed by atoms with E-state index in [1.54, 1.807) is 0 Å². The van der Waals surface area contributed by atoms with Gasteiger partial charge in [-0.15, -0.1) is 10.2 Å². The van der Waals surface area contributed by atoms with Crippen molar-refractivity contribution in [1.29, 1.82) is 0 Å². The van der Waals surface area contributed by atoms with Crippen molar-refractivity contribution in [3.8, 4) is 17.1 Å². The van der Waals surface area contributed by atoms with Crippen LogP contribution in [0, 0.1) is 0 Å². The van der Waals surface area contributed by atoms with E-state index in [9.17, 15) is 36.2 Å². The number of benzene rings is 1.